The smallest absolute Gasteiger partial charge is 0.239 e. The Labute approximate surface area is 174 Å². The lowest BCUT2D eigenvalue weighted by atomic mass is 10.1. The van der Waals surface area contributed by atoms with Crippen molar-refractivity contribution in [2.24, 2.45) is 0 Å². The van der Waals surface area contributed by atoms with E-state index in [4.69, 9.17) is 13.9 Å². The van der Waals surface area contributed by atoms with Crippen LogP contribution in [0, 0.1) is 0 Å². The first kappa shape index (κ1) is 20.9. The van der Waals surface area contributed by atoms with Crippen molar-refractivity contribution in [3.8, 4) is 34.3 Å². The summed E-state index contributed by atoms with van der Waals surface area (Å²) >= 11 is 0. The van der Waals surface area contributed by atoms with E-state index in [-0.39, 0.29) is 28.2 Å². The van der Waals surface area contributed by atoms with Crippen molar-refractivity contribution in [1.29, 1.82) is 0 Å². The zero-order valence-corrected chi connectivity index (χ0v) is 16.2. The Balaban J connectivity index is 1.88. The van der Waals surface area contributed by atoms with E-state index in [0.717, 1.165) is 12.1 Å². The molecule has 2 aromatic carbocycles. The van der Waals surface area contributed by atoms with Crippen LogP contribution in [0.3, 0.4) is 0 Å². The van der Waals surface area contributed by atoms with Gasteiger partial charge < -0.3 is 44.5 Å². The number of hydrogen-bond acceptors (Lipinski definition) is 10. The van der Waals surface area contributed by atoms with Crippen LogP contribution in [0.25, 0.3) is 22.3 Å². The Morgan fingerprint density at radius 2 is 1.68 bits per heavy atom. The summed E-state index contributed by atoms with van der Waals surface area (Å²) in [5.74, 6) is -1.51. The molecule has 0 amide bonds. The highest BCUT2D eigenvalue weighted by Gasteiger charge is 2.47. The predicted molar refractivity (Wildman–Crippen MR) is 106 cm³/mol. The summed E-state index contributed by atoms with van der Waals surface area (Å²) in [5.41, 5.74) is -0.657. The molecular formula is C21H20O10. The number of rotatable bonds is 4. The van der Waals surface area contributed by atoms with Gasteiger partial charge in [0, 0.05) is 17.7 Å². The molecule has 0 saturated carbocycles. The van der Waals surface area contributed by atoms with Gasteiger partial charge in [0.05, 0.1) is 6.10 Å². The molecule has 6 N–H and O–H groups in total. The Morgan fingerprint density at radius 1 is 1.00 bits per heavy atom. The average Bonchev–Trinajstić information content (AvgIpc) is 2.98. The monoisotopic (exact) mass is 432 g/mol. The molecule has 0 spiro atoms. The summed E-state index contributed by atoms with van der Waals surface area (Å²) in [6.07, 6.45) is -6.87. The molecule has 10 nitrogen and oxygen atoms in total. The third kappa shape index (κ3) is 3.66. The van der Waals surface area contributed by atoms with Crippen LogP contribution < -0.4 is 10.2 Å². The third-order valence-electron chi connectivity index (χ3n) is 5.01. The topological polar surface area (TPSA) is 170 Å². The van der Waals surface area contributed by atoms with Crippen molar-refractivity contribution in [2.75, 3.05) is 0 Å². The molecule has 164 valence electrons. The highest BCUT2D eigenvalue weighted by molar-refractivity contribution is 5.88. The van der Waals surface area contributed by atoms with Gasteiger partial charge in [-0.15, -0.1) is 0 Å². The van der Waals surface area contributed by atoms with Gasteiger partial charge in [0.2, 0.25) is 17.5 Å². The van der Waals surface area contributed by atoms with E-state index in [2.05, 4.69) is 0 Å². The van der Waals surface area contributed by atoms with Gasteiger partial charge in [0.15, 0.2) is 5.76 Å². The minimum atomic E-state index is -1.59. The van der Waals surface area contributed by atoms with Gasteiger partial charge in [-0.2, -0.15) is 0 Å². The van der Waals surface area contributed by atoms with Crippen molar-refractivity contribution in [2.45, 2.75) is 37.6 Å². The van der Waals surface area contributed by atoms with Crippen molar-refractivity contribution >= 4 is 11.0 Å². The van der Waals surface area contributed by atoms with Gasteiger partial charge in [0.25, 0.3) is 0 Å². The molecule has 1 aliphatic heterocycles. The third-order valence-corrected chi connectivity index (χ3v) is 5.01. The van der Waals surface area contributed by atoms with Crippen molar-refractivity contribution in [3.05, 3.63) is 46.6 Å². The normalized spacial score (nSPS) is 24.4. The van der Waals surface area contributed by atoms with Gasteiger partial charge in [0.1, 0.15) is 46.5 Å². The van der Waals surface area contributed by atoms with E-state index in [1.54, 1.807) is 0 Å². The molecule has 4 rings (SSSR count). The molecule has 0 radical (unpaired) electrons. The number of ether oxygens (including phenoxy) is 2. The molecule has 0 aliphatic carbocycles. The zero-order valence-electron chi connectivity index (χ0n) is 16.2. The predicted octanol–water partition coefficient (Wildman–Crippen LogP) is 0.783. The zero-order chi connectivity index (χ0) is 22.4. The molecule has 10 heteroatoms. The van der Waals surface area contributed by atoms with Crippen LogP contribution >= 0.6 is 0 Å². The first-order chi connectivity index (χ1) is 14.7. The second-order valence-corrected chi connectivity index (χ2v) is 7.28. The van der Waals surface area contributed by atoms with E-state index in [1.165, 1.54) is 31.2 Å². The second kappa shape index (κ2) is 7.75. The fraction of sp³-hybridized carbons (Fsp3) is 0.286. The maximum atomic E-state index is 13.2. The number of fused-ring (bicyclic) bond motifs is 1. The van der Waals surface area contributed by atoms with E-state index in [1.807, 2.05) is 0 Å². The van der Waals surface area contributed by atoms with E-state index >= 15 is 0 Å². The lowest BCUT2D eigenvalue weighted by Gasteiger charge is -2.19. The highest BCUT2D eigenvalue weighted by Crippen LogP contribution is 2.37. The van der Waals surface area contributed by atoms with Crippen LogP contribution in [-0.4, -0.2) is 61.3 Å². The summed E-state index contributed by atoms with van der Waals surface area (Å²) in [6.45, 7) is 1.36. The van der Waals surface area contributed by atoms with E-state index < -0.39 is 47.6 Å². The van der Waals surface area contributed by atoms with Crippen LogP contribution in [0.4, 0.5) is 0 Å². The standard InChI is InChI=1S/C21H20O10/c1-8(22)18-16(27)17(28)21(30-18)31-20-15(26)14-12(25)6-11(24)7-13(14)29-19(20)9-2-4-10(23)5-3-9/h2-8,16-18,21-25,27-28H,1H3. The van der Waals surface area contributed by atoms with Gasteiger partial charge in [-0.05, 0) is 31.2 Å². The maximum Gasteiger partial charge on any atom is 0.239 e. The van der Waals surface area contributed by atoms with Crippen molar-refractivity contribution in [3.63, 3.8) is 0 Å². The number of phenols is 3. The summed E-state index contributed by atoms with van der Waals surface area (Å²) in [6, 6.07) is 7.66. The second-order valence-electron chi connectivity index (χ2n) is 7.28. The fourth-order valence-corrected chi connectivity index (χ4v) is 3.46. The summed E-state index contributed by atoms with van der Waals surface area (Å²) in [5, 5.41) is 59.3. The van der Waals surface area contributed by atoms with Gasteiger partial charge in [-0.3, -0.25) is 4.79 Å². The number of aromatic hydroxyl groups is 3. The Hall–Kier alpha value is -3.31. The molecule has 3 aromatic rings. The van der Waals surface area contributed by atoms with Gasteiger partial charge in [-0.1, -0.05) is 0 Å². The maximum absolute atomic E-state index is 13.2. The minimum Gasteiger partial charge on any atom is -0.508 e. The molecule has 31 heavy (non-hydrogen) atoms. The van der Waals surface area contributed by atoms with Crippen LogP contribution in [-0.2, 0) is 4.74 Å². The number of hydrogen-bond donors (Lipinski definition) is 6. The fourth-order valence-electron chi connectivity index (χ4n) is 3.46. The molecule has 5 unspecified atom stereocenters. The first-order valence-electron chi connectivity index (χ1n) is 9.36. The summed E-state index contributed by atoms with van der Waals surface area (Å²) in [4.78, 5) is 13.2. The summed E-state index contributed by atoms with van der Waals surface area (Å²) < 4.78 is 16.7. The SMILES string of the molecule is CC(O)C1OC(Oc2c(-c3ccc(O)cc3)oc3cc(O)cc(O)c3c2=O)C(O)C1O. The molecule has 1 aromatic heterocycles. The minimum absolute atomic E-state index is 0.0397. The Bertz CT molecular complexity index is 1170. The van der Waals surface area contributed by atoms with Crippen molar-refractivity contribution in [1.82, 2.24) is 0 Å². The van der Waals surface area contributed by atoms with Gasteiger partial charge >= 0.3 is 0 Å². The summed E-state index contributed by atoms with van der Waals surface area (Å²) in [7, 11) is 0. The lowest BCUT2D eigenvalue weighted by molar-refractivity contribution is -0.129. The van der Waals surface area contributed by atoms with E-state index in [9.17, 15) is 35.4 Å². The Morgan fingerprint density at radius 3 is 2.29 bits per heavy atom. The highest BCUT2D eigenvalue weighted by atomic mass is 16.7. The molecule has 1 saturated heterocycles. The van der Waals surface area contributed by atoms with Gasteiger partial charge in [-0.25, -0.2) is 0 Å². The quantitative estimate of drug-likeness (QED) is 0.346. The first-order valence-corrected chi connectivity index (χ1v) is 9.36. The van der Waals surface area contributed by atoms with Crippen LogP contribution in [0.5, 0.6) is 23.0 Å². The number of phenolic OH excluding ortho intramolecular Hbond substituents is 3. The largest absolute Gasteiger partial charge is 0.508 e. The average molecular weight is 432 g/mol. The molecule has 1 aliphatic rings. The molecule has 0 bridgehead atoms. The van der Waals surface area contributed by atoms with Crippen LogP contribution in [0.1, 0.15) is 6.92 Å². The number of aliphatic hydroxyl groups is 3. The molecule has 2 heterocycles. The molecule has 1 fully saturated rings. The van der Waals surface area contributed by atoms with Crippen molar-refractivity contribution < 1.29 is 44.5 Å². The number of benzene rings is 2. The van der Waals surface area contributed by atoms with Crippen LogP contribution in [0.15, 0.2) is 45.6 Å². The molecular weight excluding hydrogens is 412 g/mol. The lowest BCUT2D eigenvalue weighted by Crippen LogP contribution is -2.38. The number of aliphatic hydroxyl groups excluding tert-OH is 3. The van der Waals surface area contributed by atoms with Crippen LogP contribution in [0.2, 0.25) is 0 Å². The Kier molecular flexibility index (Phi) is 5.23. The molecule has 5 atom stereocenters. The van der Waals surface area contributed by atoms with E-state index in [0.29, 0.717) is 5.56 Å².